The van der Waals surface area contributed by atoms with Crippen molar-refractivity contribution in [2.45, 2.75) is 18.7 Å². The van der Waals surface area contributed by atoms with E-state index in [1.54, 1.807) is 0 Å². The van der Waals surface area contributed by atoms with Crippen molar-refractivity contribution in [1.82, 2.24) is 5.32 Å². The third kappa shape index (κ3) is 3.68. The summed E-state index contributed by atoms with van der Waals surface area (Å²) in [5.41, 5.74) is 3.52. The predicted molar refractivity (Wildman–Crippen MR) is 87.5 cm³/mol. The van der Waals surface area contributed by atoms with E-state index in [2.05, 4.69) is 48.0 Å². The molecule has 1 fully saturated rings. The lowest BCUT2D eigenvalue weighted by molar-refractivity contribution is 0.586. The Kier molecular flexibility index (Phi) is 4.99. The van der Waals surface area contributed by atoms with E-state index in [1.807, 2.05) is 7.05 Å². The van der Waals surface area contributed by atoms with Crippen LogP contribution >= 0.6 is 12.6 Å². The van der Waals surface area contributed by atoms with Crippen LogP contribution in [-0.4, -0.2) is 40.1 Å². The van der Waals surface area contributed by atoms with Crippen LogP contribution in [0.1, 0.15) is 23.3 Å². The highest BCUT2D eigenvalue weighted by molar-refractivity contribution is 7.91. The molecule has 1 N–H and O–H groups in total. The zero-order valence-corrected chi connectivity index (χ0v) is 13.7. The van der Waals surface area contributed by atoms with Crippen LogP contribution in [-0.2, 0) is 16.4 Å². The number of rotatable bonds is 4. The van der Waals surface area contributed by atoms with Crippen LogP contribution in [0.5, 0.6) is 0 Å². The highest BCUT2D eigenvalue weighted by Crippen LogP contribution is 2.28. The van der Waals surface area contributed by atoms with Crippen molar-refractivity contribution in [2.75, 3.05) is 36.5 Å². The smallest absolute Gasteiger partial charge is 0.153 e. The largest absolute Gasteiger partial charge is 0.369 e. The third-order valence-corrected chi connectivity index (χ3v) is 5.55. The lowest BCUT2D eigenvalue weighted by Crippen LogP contribution is -2.40. The van der Waals surface area contributed by atoms with Crippen molar-refractivity contribution in [3.8, 4) is 0 Å². The highest BCUT2D eigenvalue weighted by Gasteiger charge is 2.23. The first-order valence-corrected chi connectivity index (χ1v) is 9.17. The van der Waals surface area contributed by atoms with Gasteiger partial charge in [0.2, 0.25) is 0 Å². The van der Waals surface area contributed by atoms with Gasteiger partial charge in [0, 0.05) is 30.6 Å². The monoisotopic (exact) mass is 314 g/mol. The number of nitrogens with zero attached hydrogens (tertiary/aromatic N) is 1. The van der Waals surface area contributed by atoms with Gasteiger partial charge in [-0.2, -0.15) is 12.6 Å². The summed E-state index contributed by atoms with van der Waals surface area (Å²) in [6, 6.07) is 6.33. The van der Waals surface area contributed by atoms with Crippen LogP contribution in [0, 0.1) is 0 Å². The van der Waals surface area contributed by atoms with Gasteiger partial charge in [-0.05, 0) is 31.2 Å². The van der Waals surface area contributed by atoms with E-state index >= 15 is 0 Å². The average molecular weight is 314 g/mol. The fraction of sp³-hybridized carbons (Fsp3) is 0.571. The lowest BCUT2D eigenvalue weighted by atomic mass is 10.1. The molecule has 0 amide bonds. The van der Waals surface area contributed by atoms with Gasteiger partial charge in [-0.3, -0.25) is 0 Å². The van der Waals surface area contributed by atoms with E-state index in [0.717, 1.165) is 12.2 Å². The van der Waals surface area contributed by atoms with E-state index in [0.29, 0.717) is 13.1 Å². The SMILES string of the molecule is CNCc1cc(C(C)S)ccc1N1CCS(=O)(=O)CC1. The fourth-order valence-electron chi connectivity index (χ4n) is 2.46. The molecule has 0 aromatic heterocycles. The molecule has 2 rings (SSSR count). The quantitative estimate of drug-likeness (QED) is 0.830. The number of hydrogen-bond acceptors (Lipinski definition) is 5. The Morgan fingerprint density at radius 3 is 2.55 bits per heavy atom. The van der Waals surface area contributed by atoms with E-state index < -0.39 is 9.84 Å². The van der Waals surface area contributed by atoms with Crippen molar-refractivity contribution >= 4 is 28.2 Å². The summed E-state index contributed by atoms with van der Waals surface area (Å²) in [4.78, 5) is 2.17. The summed E-state index contributed by atoms with van der Waals surface area (Å²) in [5.74, 6) is 0.493. The van der Waals surface area contributed by atoms with Gasteiger partial charge in [0.05, 0.1) is 11.5 Å². The Balaban J connectivity index is 2.26. The number of anilines is 1. The molecule has 0 saturated carbocycles. The van der Waals surface area contributed by atoms with Crippen molar-refractivity contribution in [3.63, 3.8) is 0 Å². The fourth-order valence-corrected chi connectivity index (χ4v) is 3.82. The van der Waals surface area contributed by atoms with Gasteiger partial charge in [-0.25, -0.2) is 8.42 Å². The highest BCUT2D eigenvalue weighted by atomic mass is 32.2. The van der Waals surface area contributed by atoms with Crippen LogP contribution in [0.4, 0.5) is 5.69 Å². The first-order valence-electron chi connectivity index (χ1n) is 6.84. The van der Waals surface area contributed by atoms with Crippen LogP contribution in [0.2, 0.25) is 0 Å². The van der Waals surface area contributed by atoms with Crippen molar-refractivity contribution in [2.24, 2.45) is 0 Å². The van der Waals surface area contributed by atoms with Crippen molar-refractivity contribution in [1.29, 1.82) is 0 Å². The minimum Gasteiger partial charge on any atom is -0.369 e. The Labute approximate surface area is 126 Å². The standard InChI is InChI=1S/C14H22N2O2S2/c1-11(19)12-3-4-14(13(9-12)10-15-2)16-5-7-20(17,18)8-6-16/h3-4,9,11,15,19H,5-8,10H2,1-2H3. The van der Waals surface area contributed by atoms with Gasteiger partial charge in [-0.15, -0.1) is 0 Å². The first kappa shape index (κ1) is 15.7. The van der Waals surface area contributed by atoms with Gasteiger partial charge in [0.25, 0.3) is 0 Å². The number of hydrogen-bond donors (Lipinski definition) is 2. The first-order chi connectivity index (χ1) is 9.43. The van der Waals surface area contributed by atoms with E-state index in [9.17, 15) is 8.42 Å². The molecule has 6 heteroatoms. The molecule has 112 valence electrons. The molecule has 1 aliphatic rings. The molecule has 20 heavy (non-hydrogen) atoms. The van der Waals surface area contributed by atoms with Crippen LogP contribution < -0.4 is 10.2 Å². The second-order valence-electron chi connectivity index (χ2n) is 5.23. The zero-order valence-electron chi connectivity index (χ0n) is 12.0. The minimum absolute atomic E-state index is 0.196. The molecule has 1 unspecified atom stereocenters. The third-order valence-electron chi connectivity index (χ3n) is 3.64. The van der Waals surface area contributed by atoms with E-state index in [-0.39, 0.29) is 16.8 Å². The number of thiol groups is 1. The topological polar surface area (TPSA) is 49.4 Å². The minimum atomic E-state index is -2.84. The van der Waals surface area contributed by atoms with Gasteiger partial charge >= 0.3 is 0 Å². The van der Waals surface area contributed by atoms with Crippen LogP contribution in [0.3, 0.4) is 0 Å². The molecule has 1 atom stereocenters. The summed E-state index contributed by atoms with van der Waals surface area (Å²) in [6.45, 7) is 3.98. The average Bonchev–Trinajstić information content (AvgIpc) is 2.39. The predicted octanol–water partition coefficient (Wildman–Crippen LogP) is 1.63. The molecule has 1 heterocycles. The summed E-state index contributed by atoms with van der Waals surface area (Å²) in [6.07, 6.45) is 0. The Morgan fingerprint density at radius 2 is 2.00 bits per heavy atom. The lowest BCUT2D eigenvalue weighted by Gasteiger charge is -2.31. The maximum absolute atomic E-state index is 11.5. The molecule has 1 aromatic carbocycles. The second kappa shape index (κ2) is 6.37. The summed E-state index contributed by atoms with van der Waals surface area (Å²) in [7, 11) is -0.922. The van der Waals surface area contributed by atoms with Crippen molar-refractivity contribution < 1.29 is 8.42 Å². The maximum Gasteiger partial charge on any atom is 0.153 e. The Bertz CT molecular complexity index is 557. The molecular weight excluding hydrogens is 292 g/mol. The maximum atomic E-state index is 11.5. The van der Waals surface area contributed by atoms with Crippen molar-refractivity contribution in [3.05, 3.63) is 29.3 Å². The summed E-state index contributed by atoms with van der Waals surface area (Å²) < 4.78 is 23.1. The molecule has 0 bridgehead atoms. The summed E-state index contributed by atoms with van der Waals surface area (Å²) >= 11 is 4.47. The molecule has 1 aromatic rings. The van der Waals surface area contributed by atoms with E-state index in [4.69, 9.17) is 0 Å². The van der Waals surface area contributed by atoms with Crippen LogP contribution in [0.15, 0.2) is 18.2 Å². The molecule has 0 spiro atoms. The molecule has 0 aliphatic carbocycles. The normalized spacial score (nSPS) is 19.9. The molecule has 1 aliphatic heterocycles. The molecule has 0 radical (unpaired) electrons. The van der Waals surface area contributed by atoms with Gasteiger partial charge < -0.3 is 10.2 Å². The number of benzene rings is 1. The molecular formula is C14H22N2O2S2. The number of nitrogens with one attached hydrogen (secondary N) is 1. The van der Waals surface area contributed by atoms with Gasteiger partial charge in [-0.1, -0.05) is 12.1 Å². The Hall–Kier alpha value is -0.720. The number of sulfone groups is 1. The second-order valence-corrected chi connectivity index (χ2v) is 8.31. The summed E-state index contributed by atoms with van der Waals surface area (Å²) in [5, 5.41) is 3.37. The molecule has 1 saturated heterocycles. The zero-order chi connectivity index (χ0) is 14.8. The van der Waals surface area contributed by atoms with E-state index in [1.165, 1.54) is 11.1 Å². The van der Waals surface area contributed by atoms with Gasteiger partial charge in [0.1, 0.15) is 0 Å². The molecule has 4 nitrogen and oxygen atoms in total. The van der Waals surface area contributed by atoms with Gasteiger partial charge in [0.15, 0.2) is 9.84 Å². The van der Waals surface area contributed by atoms with Crippen LogP contribution in [0.25, 0.3) is 0 Å². The Morgan fingerprint density at radius 1 is 1.35 bits per heavy atom.